The van der Waals surface area contributed by atoms with Crippen LogP contribution in [0.3, 0.4) is 0 Å². The van der Waals surface area contributed by atoms with Crippen LogP contribution in [0.1, 0.15) is 4.88 Å². The molecule has 0 aliphatic heterocycles. The third kappa shape index (κ3) is 3.68. The van der Waals surface area contributed by atoms with Crippen molar-refractivity contribution in [3.63, 3.8) is 0 Å². The first kappa shape index (κ1) is 15.2. The van der Waals surface area contributed by atoms with Gasteiger partial charge in [0.1, 0.15) is 0 Å². The van der Waals surface area contributed by atoms with Crippen LogP contribution in [0, 0.1) is 0 Å². The van der Waals surface area contributed by atoms with Crippen LogP contribution in [0.4, 0.5) is 5.69 Å². The molecule has 0 aliphatic rings. The number of hydrogen-bond acceptors (Lipinski definition) is 5. The monoisotopic (exact) mass is 357 g/mol. The van der Waals surface area contributed by atoms with Crippen LogP contribution in [0.25, 0.3) is 0 Å². The quantitative estimate of drug-likeness (QED) is 0.794. The van der Waals surface area contributed by atoms with E-state index in [-0.39, 0.29) is 5.56 Å². The van der Waals surface area contributed by atoms with E-state index in [1.54, 1.807) is 30.7 Å². The molecule has 0 atom stereocenters. The Labute approximate surface area is 129 Å². The van der Waals surface area contributed by atoms with E-state index in [1.807, 2.05) is 23.4 Å². The Kier molecular flexibility index (Phi) is 5.33. The van der Waals surface area contributed by atoms with Gasteiger partial charge in [-0.3, -0.25) is 4.79 Å². The predicted octanol–water partition coefficient (Wildman–Crippen LogP) is 2.20. The lowest BCUT2D eigenvalue weighted by atomic mass is 10.4. The van der Waals surface area contributed by atoms with Gasteiger partial charge in [0.05, 0.1) is 25.0 Å². The number of thiophene rings is 1. The summed E-state index contributed by atoms with van der Waals surface area (Å²) in [5, 5.41) is 6.21. The Morgan fingerprint density at radius 2 is 2.35 bits per heavy atom. The number of aromatic nitrogens is 2. The van der Waals surface area contributed by atoms with Crippen LogP contribution in [-0.2, 0) is 11.3 Å². The topological polar surface area (TPSA) is 47.4 Å². The molecule has 0 fully saturated rings. The van der Waals surface area contributed by atoms with Crippen molar-refractivity contribution in [2.45, 2.75) is 6.54 Å². The average molecular weight is 358 g/mol. The van der Waals surface area contributed by atoms with E-state index in [1.165, 1.54) is 4.68 Å². The minimum absolute atomic E-state index is 0.105. The number of anilines is 1. The Hall–Kier alpha value is -1.18. The van der Waals surface area contributed by atoms with E-state index in [2.05, 4.69) is 21.0 Å². The minimum atomic E-state index is -0.105. The van der Waals surface area contributed by atoms with Gasteiger partial charge in [0.25, 0.3) is 5.56 Å². The third-order valence-corrected chi connectivity index (χ3v) is 4.82. The van der Waals surface area contributed by atoms with E-state index < -0.39 is 0 Å². The second-order valence-corrected chi connectivity index (χ2v) is 6.17. The van der Waals surface area contributed by atoms with Crippen LogP contribution >= 0.6 is 27.3 Å². The predicted molar refractivity (Wildman–Crippen MR) is 84.8 cm³/mol. The van der Waals surface area contributed by atoms with Gasteiger partial charge in [-0.25, -0.2) is 4.68 Å². The van der Waals surface area contributed by atoms with E-state index >= 15 is 0 Å². The fourth-order valence-electron chi connectivity index (χ4n) is 1.68. The molecule has 2 rings (SSSR count). The number of methoxy groups -OCH3 is 1. The standard InChI is InChI=1S/C13H16BrN3O2S/c1-16(4-5-19-2)10-7-13(18)17(15-8-10)9-12-11(14)3-6-20-12/h3,6-8H,4-5,9H2,1-2H3. The molecule has 0 aliphatic carbocycles. The Morgan fingerprint density at radius 3 is 2.95 bits per heavy atom. The van der Waals surface area contributed by atoms with E-state index in [9.17, 15) is 4.79 Å². The van der Waals surface area contributed by atoms with Gasteiger partial charge in [0.2, 0.25) is 0 Å². The summed E-state index contributed by atoms with van der Waals surface area (Å²) in [4.78, 5) is 15.1. The molecule has 0 saturated heterocycles. The zero-order chi connectivity index (χ0) is 14.5. The lowest BCUT2D eigenvalue weighted by Crippen LogP contribution is -2.27. The summed E-state index contributed by atoms with van der Waals surface area (Å²) in [6.45, 7) is 1.82. The number of likely N-dealkylation sites (N-methyl/N-ethyl adjacent to an activating group) is 1. The maximum Gasteiger partial charge on any atom is 0.269 e. The van der Waals surface area contributed by atoms with Crippen molar-refractivity contribution in [3.8, 4) is 0 Å². The third-order valence-electron chi connectivity index (χ3n) is 2.91. The molecule has 20 heavy (non-hydrogen) atoms. The molecule has 0 spiro atoms. The van der Waals surface area contributed by atoms with Crippen molar-refractivity contribution in [2.75, 3.05) is 32.2 Å². The molecule has 2 heterocycles. The molecule has 0 N–H and O–H groups in total. The molecule has 5 nitrogen and oxygen atoms in total. The normalized spacial score (nSPS) is 10.8. The Bertz CT molecular complexity index is 626. The van der Waals surface area contributed by atoms with Crippen LogP contribution in [0.5, 0.6) is 0 Å². The second-order valence-electron chi connectivity index (χ2n) is 4.32. The molecule has 0 bridgehead atoms. The van der Waals surface area contributed by atoms with E-state index in [0.717, 1.165) is 21.6 Å². The van der Waals surface area contributed by atoms with Gasteiger partial charge >= 0.3 is 0 Å². The summed E-state index contributed by atoms with van der Waals surface area (Å²) in [6, 6.07) is 3.57. The molecule has 0 saturated carbocycles. The van der Waals surface area contributed by atoms with Gasteiger partial charge < -0.3 is 9.64 Å². The summed E-state index contributed by atoms with van der Waals surface area (Å²) in [6.07, 6.45) is 1.71. The lowest BCUT2D eigenvalue weighted by Gasteiger charge is -2.18. The smallest absolute Gasteiger partial charge is 0.269 e. The molecule has 2 aromatic rings. The molecule has 7 heteroatoms. The molecular weight excluding hydrogens is 342 g/mol. The minimum Gasteiger partial charge on any atom is -0.383 e. The number of hydrogen-bond donors (Lipinski definition) is 0. The van der Waals surface area contributed by atoms with Gasteiger partial charge in [0, 0.05) is 36.1 Å². The molecule has 0 aromatic carbocycles. The average Bonchev–Trinajstić information content (AvgIpc) is 2.84. The van der Waals surface area contributed by atoms with Crippen molar-refractivity contribution in [2.24, 2.45) is 0 Å². The number of rotatable bonds is 6. The van der Waals surface area contributed by atoms with Gasteiger partial charge in [-0.15, -0.1) is 11.3 Å². The molecule has 108 valence electrons. The first-order valence-electron chi connectivity index (χ1n) is 6.11. The van der Waals surface area contributed by atoms with E-state index in [4.69, 9.17) is 4.74 Å². The van der Waals surface area contributed by atoms with Gasteiger partial charge in [0.15, 0.2) is 0 Å². The highest BCUT2D eigenvalue weighted by Crippen LogP contribution is 2.22. The van der Waals surface area contributed by atoms with Crippen molar-refractivity contribution in [1.82, 2.24) is 9.78 Å². The highest BCUT2D eigenvalue weighted by Gasteiger charge is 2.07. The highest BCUT2D eigenvalue weighted by molar-refractivity contribution is 9.10. The summed E-state index contributed by atoms with van der Waals surface area (Å²) in [5.74, 6) is 0. The van der Waals surface area contributed by atoms with E-state index in [0.29, 0.717) is 13.2 Å². The number of halogens is 1. The van der Waals surface area contributed by atoms with Crippen LogP contribution in [-0.4, -0.2) is 37.1 Å². The van der Waals surface area contributed by atoms with Gasteiger partial charge in [-0.1, -0.05) is 0 Å². The number of ether oxygens (including phenoxy) is 1. The SMILES string of the molecule is COCCN(C)c1cnn(Cc2sccc2Br)c(=O)c1. The summed E-state index contributed by atoms with van der Waals surface area (Å²) in [7, 11) is 3.57. The first-order valence-corrected chi connectivity index (χ1v) is 7.78. The summed E-state index contributed by atoms with van der Waals surface area (Å²) < 4.78 is 7.50. The lowest BCUT2D eigenvalue weighted by molar-refractivity contribution is 0.206. The van der Waals surface area contributed by atoms with Gasteiger partial charge in [-0.05, 0) is 27.4 Å². The van der Waals surface area contributed by atoms with Crippen molar-refractivity contribution >= 4 is 33.0 Å². The number of nitrogens with zero attached hydrogens (tertiary/aromatic N) is 3. The second kappa shape index (κ2) is 7.01. The first-order chi connectivity index (χ1) is 9.61. The Balaban J connectivity index is 2.14. The fourth-order valence-corrected chi connectivity index (χ4v) is 3.14. The van der Waals surface area contributed by atoms with Crippen LogP contribution in [0.15, 0.2) is 33.0 Å². The molecule has 0 amide bonds. The zero-order valence-corrected chi connectivity index (χ0v) is 13.8. The molecule has 0 radical (unpaired) electrons. The largest absolute Gasteiger partial charge is 0.383 e. The zero-order valence-electron chi connectivity index (χ0n) is 11.4. The van der Waals surface area contributed by atoms with Crippen LogP contribution in [0.2, 0.25) is 0 Å². The van der Waals surface area contributed by atoms with Gasteiger partial charge in [-0.2, -0.15) is 5.10 Å². The van der Waals surface area contributed by atoms with Crippen molar-refractivity contribution < 1.29 is 4.74 Å². The molecule has 2 aromatic heterocycles. The maximum atomic E-state index is 12.1. The van der Waals surface area contributed by atoms with Crippen molar-refractivity contribution in [1.29, 1.82) is 0 Å². The molecule has 0 unspecified atom stereocenters. The highest BCUT2D eigenvalue weighted by atomic mass is 79.9. The summed E-state index contributed by atoms with van der Waals surface area (Å²) >= 11 is 5.06. The van der Waals surface area contributed by atoms with Crippen LogP contribution < -0.4 is 10.5 Å². The Morgan fingerprint density at radius 1 is 1.55 bits per heavy atom. The summed E-state index contributed by atoms with van der Waals surface area (Å²) in [5.41, 5.74) is 0.695. The molecular formula is C13H16BrN3O2S. The van der Waals surface area contributed by atoms with Crippen molar-refractivity contribution in [3.05, 3.63) is 43.4 Å². The fraction of sp³-hybridized carbons (Fsp3) is 0.385. The maximum absolute atomic E-state index is 12.1.